The minimum Gasteiger partial charge on any atom is -0.492 e. The van der Waals surface area contributed by atoms with Gasteiger partial charge in [-0.25, -0.2) is 9.50 Å². The van der Waals surface area contributed by atoms with Crippen molar-refractivity contribution in [2.45, 2.75) is 19.3 Å². The van der Waals surface area contributed by atoms with Crippen molar-refractivity contribution in [2.75, 3.05) is 26.2 Å². The van der Waals surface area contributed by atoms with Crippen LogP contribution in [0.1, 0.15) is 24.2 Å². The topological polar surface area (TPSA) is 60.5 Å². The molecular weight excluding hydrogens is 376 g/mol. The molecule has 7 heteroatoms. The average Bonchev–Trinajstić information content (AvgIpc) is 3.50. The molecular formula is C23H26N6O. The summed E-state index contributed by atoms with van der Waals surface area (Å²) < 4.78 is 9.59. The smallest absolute Gasteiger partial charge is 0.156 e. The molecule has 1 aromatic carbocycles. The number of ether oxygens (including phenoxy) is 1. The van der Waals surface area contributed by atoms with Crippen molar-refractivity contribution >= 4 is 5.65 Å². The standard InChI is InChI=1S/C23H26N6O/c1-27-17-19(16-24-27)21-5-4-6-23-25-22(26-29(21)23)15-18-7-9-20(10-8-18)30-14-13-28-11-2-3-12-28/h4-10,16-17H,2-3,11-15H2,1H3. The van der Waals surface area contributed by atoms with Gasteiger partial charge in [-0.1, -0.05) is 18.2 Å². The van der Waals surface area contributed by atoms with E-state index in [0.717, 1.165) is 41.6 Å². The maximum Gasteiger partial charge on any atom is 0.156 e. The lowest BCUT2D eigenvalue weighted by Gasteiger charge is -2.14. The Hall–Kier alpha value is -3.19. The van der Waals surface area contributed by atoms with Gasteiger partial charge in [0.1, 0.15) is 12.4 Å². The lowest BCUT2D eigenvalue weighted by Crippen LogP contribution is -2.25. The highest BCUT2D eigenvalue weighted by Gasteiger charge is 2.12. The number of hydrogen-bond acceptors (Lipinski definition) is 5. The van der Waals surface area contributed by atoms with E-state index in [1.807, 2.05) is 54.3 Å². The zero-order valence-corrected chi connectivity index (χ0v) is 17.2. The van der Waals surface area contributed by atoms with Crippen LogP contribution in [0.2, 0.25) is 0 Å². The molecule has 1 saturated heterocycles. The molecule has 0 spiro atoms. The SMILES string of the molecule is Cn1cc(-c2cccc3nc(Cc4ccc(OCCN5CCCC5)cc4)nn23)cn1. The zero-order chi connectivity index (χ0) is 20.3. The summed E-state index contributed by atoms with van der Waals surface area (Å²) in [4.78, 5) is 7.17. The maximum atomic E-state index is 5.90. The number of hydrogen-bond donors (Lipinski definition) is 0. The fourth-order valence-electron chi connectivity index (χ4n) is 3.98. The molecule has 0 unspecified atom stereocenters. The first-order valence-corrected chi connectivity index (χ1v) is 10.5. The summed E-state index contributed by atoms with van der Waals surface area (Å²) in [6.07, 6.45) is 7.14. The second-order valence-corrected chi connectivity index (χ2v) is 7.83. The van der Waals surface area contributed by atoms with Gasteiger partial charge in [-0.3, -0.25) is 9.58 Å². The number of fused-ring (bicyclic) bond motifs is 1. The van der Waals surface area contributed by atoms with Crippen LogP contribution in [0, 0.1) is 0 Å². The van der Waals surface area contributed by atoms with Crippen LogP contribution in [0.5, 0.6) is 5.75 Å². The van der Waals surface area contributed by atoms with Crippen molar-refractivity contribution in [3.8, 4) is 17.0 Å². The Balaban J connectivity index is 1.26. The third-order valence-electron chi connectivity index (χ3n) is 5.56. The Morgan fingerprint density at radius 2 is 1.87 bits per heavy atom. The summed E-state index contributed by atoms with van der Waals surface area (Å²) in [5.74, 6) is 1.72. The van der Waals surface area contributed by atoms with E-state index in [9.17, 15) is 0 Å². The lowest BCUT2D eigenvalue weighted by molar-refractivity contribution is 0.238. The van der Waals surface area contributed by atoms with Gasteiger partial charge in [0.15, 0.2) is 11.5 Å². The number of likely N-dealkylation sites (tertiary alicyclic amines) is 1. The molecule has 154 valence electrons. The van der Waals surface area contributed by atoms with Crippen LogP contribution in [0.4, 0.5) is 0 Å². The highest BCUT2D eigenvalue weighted by molar-refractivity contribution is 5.61. The zero-order valence-electron chi connectivity index (χ0n) is 17.2. The monoisotopic (exact) mass is 402 g/mol. The summed E-state index contributed by atoms with van der Waals surface area (Å²) >= 11 is 0. The summed E-state index contributed by atoms with van der Waals surface area (Å²) in [7, 11) is 1.91. The van der Waals surface area contributed by atoms with E-state index in [2.05, 4.69) is 22.1 Å². The van der Waals surface area contributed by atoms with Crippen LogP contribution in [0.25, 0.3) is 16.9 Å². The first-order chi connectivity index (χ1) is 14.7. The summed E-state index contributed by atoms with van der Waals surface area (Å²) in [6.45, 7) is 4.16. The summed E-state index contributed by atoms with van der Waals surface area (Å²) in [5, 5.41) is 9.01. The predicted molar refractivity (Wildman–Crippen MR) is 116 cm³/mol. The van der Waals surface area contributed by atoms with Gasteiger partial charge in [0.25, 0.3) is 0 Å². The van der Waals surface area contributed by atoms with E-state index in [0.29, 0.717) is 6.42 Å². The molecule has 1 fully saturated rings. The number of aryl methyl sites for hydroxylation is 1. The van der Waals surface area contributed by atoms with E-state index in [1.165, 1.54) is 31.5 Å². The van der Waals surface area contributed by atoms with Gasteiger partial charge in [-0.2, -0.15) is 10.2 Å². The van der Waals surface area contributed by atoms with Crippen molar-refractivity contribution < 1.29 is 4.74 Å². The minimum atomic E-state index is 0.683. The lowest BCUT2D eigenvalue weighted by atomic mass is 10.1. The van der Waals surface area contributed by atoms with E-state index in [4.69, 9.17) is 14.8 Å². The van der Waals surface area contributed by atoms with Gasteiger partial charge in [0.05, 0.1) is 11.9 Å². The molecule has 5 rings (SSSR count). The van der Waals surface area contributed by atoms with Crippen LogP contribution in [0.15, 0.2) is 54.9 Å². The Labute approximate surface area is 175 Å². The van der Waals surface area contributed by atoms with Gasteiger partial charge in [-0.05, 0) is 55.8 Å². The van der Waals surface area contributed by atoms with Crippen LogP contribution >= 0.6 is 0 Å². The van der Waals surface area contributed by atoms with Crippen molar-refractivity contribution in [1.29, 1.82) is 0 Å². The normalized spacial score (nSPS) is 14.6. The maximum absolute atomic E-state index is 5.90. The summed E-state index contributed by atoms with van der Waals surface area (Å²) in [6, 6.07) is 14.3. The Morgan fingerprint density at radius 3 is 2.63 bits per heavy atom. The van der Waals surface area contributed by atoms with Gasteiger partial charge < -0.3 is 4.74 Å². The number of pyridine rings is 1. The second-order valence-electron chi connectivity index (χ2n) is 7.83. The highest BCUT2D eigenvalue weighted by Crippen LogP contribution is 2.20. The summed E-state index contributed by atoms with van der Waals surface area (Å²) in [5.41, 5.74) is 4.02. The van der Waals surface area contributed by atoms with E-state index in [-0.39, 0.29) is 0 Å². The molecule has 0 aliphatic carbocycles. The average molecular weight is 403 g/mol. The van der Waals surface area contributed by atoms with Crippen LogP contribution in [-0.2, 0) is 13.5 Å². The van der Waals surface area contributed by atoms with Gasteiger partial charge >= 0.3 is 0 Å². The second kappa shape index (κ2) is 8.28. The van der Waals surface area contributed by atoms with E-state index >= 15 is 0 Å². The Kier molecular flexibility index (Phi) is 5.19. The van der Waals surface area contributed by atoms with Gasteiger partial charge in [0, 0.05) is 31.8 Å². The van der Waals surface area contributed by atoms with Crippen molar-refractivity contribution in [2.24, 2.45) is 7.05 Å². The number of benzene rings is 1. The van der Waals surface area contributed by atoms with Gasteiger partial charge in [-0.15, -0.1) is 0 Å². The molecule has 0 radical (unpaired) electrons. The first-order valence-electron chi connectivity index (χ1n) is 10.5. The quantitative estimate of drug-likeness (QED) is 0.475. The third-order valence-corrected chi connectivity index (χ3v) is 5.56. The molecule has 1 aliphatic heterocycles. The largest absolute Gasteiger partial charge is 0.492 e. The number of nitrogens with zero attached hydrogens (tertiary/aromatic N) is 6. The predicted octanol–water partition coefficient (Wildman–Crippen LogP) is 3.20. The molecule has 0 amide bonds. The number of aromatic nitrogens is 5. The van der Waals surface area contributed by atoms with Crippen LogP contribution in [0.3, 0.4) is 0 Å². The molecule has 0 bridgehead atoms. The fraction of sp³-hybridized carbons (Fsp3) is 0.348. The number of rotatable bonds is 7. The molecule has 3 aromatic heterocycles. The molecule has 4 heterocycles. The highest BCUT2D eigenvalue weighted by atomic mass is 16.5. The van der Waals surface area contributed by atoms with Gasteiger partial charge in [0.2, 0.25) is 0 Å². The molecule has 7 nitrogen and oxygen atoms in total. The fourth-order valence-corrected chi connectivity index (χ4v) is 3.98. The van der Waals surface area contributed by atoms with Crippen molar-refractivity contribution in [3.63, 3.8) is 0 Å². The van der Waals surface area contributed by atoms with Crippen molar-refractivity contribution in [1.82, 2.24) is 29.3 Å². The molecule has 1 aliphatic rings. The van der Waals surface area contributed by atoms with E-state index in [1.54, 1.807) is 4.68 Å². The minimum absolute atomic E-state index is 0.683. The van der Waals surface area contributed by atoms with Crippen LogP contribution in [-0.4, -0.2) is 55.5 Å². The van der Waals surface area contributed by atoms with Crippen molar-refractivity contribution in [3.05, 3.63) is 66.2 Å². The molecule has 0 N–H and O–H groups in total. The molecule has 0 atom stereocenters. The van der Waals surface area contributed by atoms with E-state index < -0.39 is 0 Å². The molecule has 0 saturated carbocycles. The van der Waals surface area contributed by atoms with Crippen LogP contribution < -0.4 is 4.74 Å². The molecule has 4 aromatic rings. The Bertz CT molecular complexity index is 1120. The molecule has 30 heavy (non-hydrogen) atoms. The Morgan fingerprint density at radius 1 is 1.03 bits per heavy atom. The third kappa shape index (κ3) is 4.07. The first kappa shape index (κ1) is 18.8.